The molecule has 0 atom stereocenters. The summed E-state index contributed by atoms with van der Waals surface area (Å²) >= 11 is 5.90. The van der Waals surface area contributed by atoms with Crippen LogP contribution < -0.4 is 11.1 Å². The van der Waals surface area contributed by atoms with Crippen molar-refractivity contribution in [1.29, 1.82) is 0 Å². The lowest BCUT2D eigenvalue weighted by atomic mass is 9.97. The number of hydrogen-bond acceptors (Lipinski definition) is 8. The minimum atomic E-state index is -0.0970. The first kappa shape index (κ1) is 20.3. The number of halogens is 1. The fourth-order valence-electron chi connectivity index (χ4n) is 3.16. The van der Waals surface area contributed by atoms with Gasteiger partial charge in [-0.2, -0.15) is 15.0 Å². The molecule has 9 heteroatoms. The summed E-state index contributed by atoms with van der Waals surface area (Å²) in [6.07, 6.45) is 1.56. The topological polar surface area (TPSA) is 106 Å². The van der Waals surface area contributed by atoms with E-state index in [1.165, 1.54) is 0 Å². The first-order valence-electron chi connectivity index (χ1n) is 9.41. The average molecular weight is 405 g/mol. The molecule has 0 saturated carbocycles. The molecule has 0 spiro atoms. The number of esters is 1. The zero-order valence-corrected chi connectivity index (χ0v) is 16.7. The second-order valence-corrected chi connectivity index (χ2v) is 7.15. The molecule has 1 aromatic heterocycles. The van der Waals surface area contributed by atoms with Crippen LogP contribution in [0.25, 0.3) is 0 Å². The van der Waals surface area contributed by atoms with Gasteiger partial charge in [-0.1, -0.05) is 23.7 Å². The number of aromatic nitrogens is 3. The maximum Gasteiger partial charge on any atom is 0.309 e. The molecule has 3 N–H and O–H groups in total. The van der Waals surface area contributed by atoms with Crippen molar-refractivity contribution in [3.8, 4) is 0 Å². The number of ether oxygens (including phenoxy) is 1. The van der Waals surface area contributed by atoms with Crippen molar-refractivity contribution >= 4 is 29.5 Å². The fraction of sp³-hybridized carbons (Fsp3) is 0.474. The molecule has 1 fully saturated rings. The number of nitrogens with two attached hydrogens (primary N) is 1. The Morgan fingerprint density at radius 2 is 1.96 bits per heavy atom. The molecule has 150 valence electrons. The highest BCUT2D eigenvalue weighted by atomic mass is 35.5. The molecule has 0 unspecified atom stereocenters. The molecule has 0 radical (unpaired) electrons. The van der Waals surface area contributed by atoms with Crippen LogP contribution in [0.4, 0.5) is 11.9 Å². The molecule has 1 aliphatic heterocycles. The number of anilines is 2. The molecule has 1 aromatic carbocycles. The number of carbonyl (C=O) groups is 1. The predicted molar refractivity (Wildman–Crippen MR) is 108 cm³/mol. The van der Waals surface area contributed by atoms with Crippen molar-refractivity contribution in [2.45, 2.75) is 32.9 Å². The number of rotatable bonds is 7. The van der Waals surface area contributed by atoms with E-state index in [-0.39, 0.29) is 17.8 Å². The lowest BCUT2D eigenvalue weighted by Gasteiger charge is -2.30. The Morgan fingerprint density at radius 3 is 2.64 bits per heavy atom. The summed E-state index contributed by atoms with van der Waals surface area (Å²) in [6, 6.07) is 7.56. The van der Waals surface area contributed by atoms with Crippen molar-refractivity contribution in [3.63, 3.8) is 0 Å². The van der Waals surface area contributed by atoms with Gasteiger partial charge >= 0.3 is 5.97 Å². The number of hydrogen-bond donors (Lipinski definition) is 2. The zero-order valence-electron chi connectivity index (χ0n) is 15.9. The van der Waals surface area contributed by atoms with Gasteiger partial charge in [0.25, 0.3) is 0 Å². The number of nitrogens with zero attached hydrogens (tertiary/aromatic N) is 4. The third-order valence-electron chi connectivity index (χ3n) is 4.64. The Labute approximate surface area is 169 Å². The SMILES string of the molecule is CCOC(=O)C1CCN(Cc2nc(N)nc(NCc3ccc(Cl)cc3)n2)CC1. The van der Waals surface area contributed by atoms with E-state index in [0.717, 1.165) is 31.5 Å². The Bertz CT molecular complexity index is 794. The van der Waals surface area contributed by atoms with Crippen LogP contribution in [0.5, 0.6) is 0 Å². The van der Waals surface area contributed by atoms with E-state index >= 15 is 0 Å². The van der Waals surface area contributed by atoms with Crippen molar-refractivity contribution in [1.82, 2.24) is 19.9 Å². The standard InChI is InChI=1S/C19H25ClN6O2/c1-2-28-17(27)14-7-9-26(10-8-14)12-16-23-18(21)25-19(24-16)22-11-13-3-5-15(20)6-4-13/h3-6,14H,2,7-12H2,1H3,(H3,21,22,23,24,25). The monoisotopic (exact) mass is 404 g/mol. The van der Waals surface area contributed by atoms with E-state index in [1.807, 2.05) is 31.2 Å². The minimum absolute atomic E-state index is 0.0174. The van der Waals surface area contributed by atoms with Crippen LogP contribution in [-0.4, -0.2) is 45.5 Å². The van der Waals surface area contributed by atoms with Crippen LogP contribution in [0.2, 0.25) is 5.02 Å². The minimum Gasteiger partial charge on any atom is -0.466 e. The van der Waals surface area contributed by atoms with E-state index in [0.29, 0.717) is 36.5 Å². The second-order valence-electron chi connectivity index (χ2n) is 6.72. The number of benzene rings is 1. The molecular formula is C19H25ClN6O2. The summed E-state index contributed by atoms with van der Waals surface area (Å²) < 4.78 is 5.11. The molecule has 1 saturated heterocycles. The molecule has 0 bridgehead atoms. The number of carbonyl (C=O) groups excluding carboxylic acids is 1. The summed E-state index contributed by atoms with van der Waals surface area (Å²) in [4.78, 5) is 26.9. The first-order chi connectivity index (χ1) is 13.5. The molecule has 1 aliphatic rings. The summed E-state index contributed by atoms with van der Waals surface area (Å²) in [5, 5.41) is 3.87. The molecule has 0 aliphatic carbocycles. The summed E-state index contributed by atoms with van der Waals surface area (Å²) in [7, 11) is 0. The third-order valence-corrected chi connectivity index (χ3v) is 4.89. The summed E-state index contributed by atoms with van der Waals surface area (Å²) in [6.45, 7) is 4.97. The highest BCUT2D eigenvalue weighted by Crippen LogP contribution is 2.20. The summed E-state index contributed by atoms with van der Waals surface area (Å²) in [5.74, 6) is 1.13. The number of nitrogen functional groups attached to an aromatic ring is 1. The van der Waals surface area contributed by atoms with Crippen LogP contribution in [0.1, 0.15) is 31.2 Å². The third kappa shape index (κ3) is 5.77. The Morgan fingerprint density at radius 1 is 1.25 bits per heavy atom. The molecule has 2 aromatic rings. The van der Waals surface area contributed by atoms with Crippen molar-refractivity contribution in [2.75, 3.05) is 30.7 Å². The van der Waals surface area contributed by atoms with Crippen LogP contribution >= 0.6 is 11.6 Å². The fourth-order valence-corrected chi connectivity index (χ4v) is 3.28. The van der Waals surface area contributed by atoms with Gasteiger partial charge in [0.05, 0.1) is 19.1 Å². The zero-order chi connectivity index (χ0) is 19.9. The highest BCUT2D eigenvalue weighted by molar-refractivity contribution is 6.30. The lowest BCUT2D eigenvalue weighted by Crippen LogP contribution is -2.37. The molecular weight excluding hydrogens is 380 g/mol. The van der Waals surface area contributed by atoms with Gasteiger partial charge in [0.15, 0.2) is 0 Å². The normalized spacial score (nSPS) is 15.4. The van der Waals surface area contributed by atoms with E-state index < -0.39 is 0 Å². The molecule has 8 nitrogen and oxygen atoms in total. The number of likely N-dealkylation sites (tertiary alicyclic amines) is 1. The Hall–Kier alpha value is -2.45. The Kier molecular flexibility index (Phi) is 7.00. The number of piperidine rings is 1. The van der Waals surface area contributed by atoms with Gasteiger partial charge < -0.3 is 15.8 Å². The van der Waals surface area contributed by atoms with E-state index in [1.54, 1.807) is 0 Å². The van der Waals surface area contributed by atoms with E-state index in [9.17, 15) is 4.79 Å². The van der Waals surface area contributed by atoms with Crippen molar-refractivity contribution in [3.05, 3.63) is 40.7 Å². The van der Waals surface area contributed by atoms with Crippen LogP contribution in [0.3, 0.4) is 0 Å². The molecule has 28 heavy (non-hydrogen) atoms. The maximum absolute atomic E-state index is 11.9. The van der Waals surface area contributed by atoms with Crippen LogP contribution in [-0.2, 0) is 22.6 Å². The van der Waals surface area contributed by atoms with Crippen molar-refractivity contribution < 1.29 is 9.53 Å². The number of nitrogens with one attached hydrogen (secondary N) is 1. The molecule has 3 rings (SSSR count). The Balaban J connectivity index is 1.55. The van der Waals surface area contributed by atoms with Gasteiger partial charge in [-0.25, -0.2) is 0 Å². The summed E-state index contributed by atoms with van der Waals surface area (Å²) in [5.41, 5.74) is 6.91. The van der Waals surface area contributed by atoms with Gasteiger partial charge in [0.2, 0.25) is 11.9 Å². The molecule has 0 amide bonds. The lowest BCUT2D eigenvalue weighted by molar-refractivity contribution is -0.149. The van der Waals surface area contributed by atoms with Crippen LogP contribution in [0.15, 0.2) is 24.3 Å². The first-order valence-corrected chi connectivity index (χ1v) is 9.79. The largest absolute Gasteiger partial charge is 0.466 e. The van der Waals surface area contributed by atoms with Gasteiger partial charge in [0, 0.05) is 11.6 Å². The second kappa shape index (κ2) is 9.66. The van der Waals surface area contributed by atoms with Gasteiger partial charge in [-0.05, 0) is 50.6 Å². The average Bonchev–Trinajstić information content (AvgIpc) is 2.68. The van der Waals surface area contributed by atoms with E-state index in [2.05, 4.69) is 25.2 Å². The smallest absolute Gasteiger partial charge is 0.309 e. The van der Waals surface area contributed by atoms with Gasteiger partial charge in [-0.3, -0.25) is 9.69 Å². The molecule has 2 heterocycles. The predicted octanol–water partition coefficient (Wildman–Crippen LogP) is 2.49. The maximum atomic E-state index is 11.9. The van der Waals surface area contributed by atoms with Gasteiger partial charge in [0.1, 0.15) is 5.82 Å². The van der Waals surface area contributed by atoms with Gasteiger partial charge in [-0.15, -0.1) is 0 Å². The van der Waals surface area contributed by atoms with Crippen molar-refractivity contribution in [2.24, 2.45) is 5.92 Å². The van der Waals surface area contributed by atoms with E-state index in [4.69, 9.17) is 22.1 Å². The quantitative estimate of drug-likeness (QED) is 0.678. The highest BCUT2D eigenvalue weighted by Gasteiger charge is 2.26. The van der Waals surface area contributed by atoms with Crippen LogP contribution in [0, 0.1) is 5.92 Å².